The van der Waals surface area contributed by atoms with Gasteiger partial charge in [0, 0.05) is 25.5 Å². The third kappa shape index (κ3) is 6.35. The molecule has 0 bridgehead atoms. The van der Waals surface area contributed by atoms with Crippen molar-refractivity contribution in [1.29, 1.82) is 0 Å². The van der Waals surface area contributed by atoms with E-state index in [0.717, 1.165) is 49.1 Å². The number of halogens is 1. The molecular weight excluding hydrogens is 515 g/mol. The Morgan fingerprint density at radius 1 is 1.12 bits per heavy atom. The first-order valence-corrected chi connectivity index (χ1v) is 11.2. The van der Waals surface area contributed by atoms with Gasteiger partial charge in [-0.2, -0.15) is 0 Å². The van der Waals surface area contributed by atoms with Crippen molar-refractivity contribution in [2.75, 3.05) is 26.2 Å². The molecule has 4 rings (SSSR count). The number of rotatable bonds is 8. The minimum Gasteiger partial charge on any atom is -0.468 e. The fourth-order valence-electron chi connectivity index (χ4n) is 4.12. The molecular formula is C24H33IN6O. The summed E-state index contributed by atoms with van der Waals surface area (Å²) in [6.45, 7) is 6.45. The third-order valence-electron chi connectivity index (χ3n) is 5.69. The molecule has 0 saturated carbocycles. The number of furan rings is 1. The minimum absolute atomic E-state index is 0. The average Bonchev–Trinajstić information content (AvgIpc) is 3.53. The lowest BCUT2D eigenvalue weighted by Crippen LogP contribution is -2.44. The van der Waals surface area contributed by atoms with Gasteiger partial charge in [-0.05, 0) is 56.6 Å². The molecule has 1 unspecified atom stereocenters. The lowest BCUT2D eigenvalue weighted by molar-refractivity contribution is 0.146. The van der Waals surface area contributed by atoms with E-state index in [9.17, 15) is 0 Å². The Hall–Kier alpha value is -2.33. The first-order valence-electron chi connectivity index (χ1n) is 11.2. The van der Waals surface area contributed by atoms with Crippen LogP contribution in [0.25, 0.3) is 5.69 Å². The van der Waals surface area contributed by atoms with E-state index in [2.05, 4.69) is 51.7 Å². The van der Waals surface area contributed by atoms with E-state index in [4.69, 9.17) is 9.41 Å². The summed E-state index contributed by atoms with van der Waals surface area (Å²) in [5, 5.41) is 6.93. The van der Waals surface area contributed by atoms with Crippen LogP contribution in [0.1, 0.15) is 43.6 Å². The molecule has 32 heavy (non-hydrogen) atoms. The standard InChI is InChI=1S/C24H32N6O.HI/c1-2-26-24(27-17-20-9-4-5-10-21(20)30-15-12-25-19-30)28-18-22(23-11-8-16-31-23)29-13-6-3-7-14-29;/h4-5,8-12,15-16,19,22H,2-3,6-7,13-14,17-18H2,1H3,(H2,26,27,28);1H. The molecule has 1 aliphatic heterocycles. The van der Waals surface area contributed by atoms with Crippen LogP contribution < -0.4 is 10.6 Å². The summed E-state index contributed by atoms with van der Waals surface area (Å²) in [5.74, 6) is 1.83. The van der Waals surface area contributed by atoms with Crippen molar-refractivity contribution in [3.63, 3.8) is 0 Å². The Morgan fingerprint density at radius 2 is 1.97 bits per heavy atom. The minimum atomic E-state index is 0. The summed E-state index contributed by atoms with van der Waals surface area (Å²) in [7, 11) is 0. The maximum atomic E-state index is 5.78. The first kappa shape index (κ1) is 24.3. The van der Waals surface area contributed by atoms with Crippen LogP contribution >= 0.6 is 24.0 Å². The summed E-state index contributed by atoms with van der Waals surface area (Å²) < 4.78 is 7.80. The molecule has 0 spiro atoms. The zero-order chi connectivity index (χ0) is 21.3. The summed E-state index contributed by atoms with van der Waals surface area (Å²) in [6, 6.07) is 12.5. The van der Waals surface area contributed by atoms with Crippen LogP contribution in [0, 0.1) is 0 Å². The molecule has 3 aromatic rings. The lowest BCUT2D eigenvalue weighted by Gasteiger charge is -2.33. The summed E-state index contributed by atoms with van der Waals surface area (Å²) >= 11 is 0. The van der Waals surface area contributed by atoms with Gasteiger partial charge in [-0.3, -0.25) is 4.90 Å². The SMILES string of the molecule is CCNC(=NCc1ccccc1-n1ccnc1)NCC(c1ccco1)N1CCCCC1.I. The normalized spacial score (nSPS) is 15.7. The number of guanidine groups is 1. The summed E-state index contributed by atoms with van der Waals surface area (Å²) in [5.41, 5.74) is 2.25. The first-order chi connectivity index (χ1) is 15.3. The zero-order valence-electron chi connectivity index (χ0n) is 18.6. The van der Waals surface area contributed by atoms with Gasteiger partial charge in [-0.25, -0.2) is 9.98 Å². The Bertz CT molecular complexity index is 935. The number of para-hydroxylation sites is 1. The van der Waals surface area contributed by atoms with Crippen LogP contribution in [0.5, 0.6) is 0 Å². The van der Waals surface area contributed by atoms with E-state index < -0.39 is 0 Å². The van der Waals surface area contributed by atoms with Crippen molar-refractivity contribution in [3.8, 4) is 5.69 Å². The van der Waals surface area contributed by atoms with Gasteiger partial charge in [-0.15, -0.1) is 24.0 Å². The van der Waals surface area contributed by atoms with Crippen molar-refractivity contribution in [1.82, 2.24) is 25.1 Å². The molecule has 1 aliphatic rings. The number of imidazole rings is 1. The predicted octanol–water partition coefficient (Wildman–Crippen LogP) is 4.37. The number of aromatic nitrogens is 2. The van der Waals surface area contributed by atoms with Gasteiger partial charge in [0.2, 0.25) is 0 Å². The number of aliphatic imine (C=N–C) groups is 1. The lowest BCUT2D eigenvalue weighted by atomic mass is 10.1. The van der Waals surface area contributed by atoms with Gasteiger partial charge >= 0.3 is 0 Å². The molecule has 7 nitrogen and oxygen atoms in total. The van der Waals surface area contributed by atoms with Crippen LogP contribution in [-0.4, -0.2) is 46.6 Å². The Labute approximate surface area is 207 Å². The van der Waals surface area contributed by atoms with E-state index >= 15 is 0 Å². The molecule has 2 N–H and O–H groups in total. The van der Waals surface area contributed by atoms with Crippen molar-refractivity contribution in [3.05, 3.63) is 72.7 Å². The quantitative estimate of drug-likeness (QED) is 0.249. The van der Waals surface area contributed by atoms with Crippen LogP contribution in [0.4, 0.5) is 0 Å². The van der Waals surface area contributed by atoms with Crippen LogP contribution in [0.3, 0.4) is 0 Å². The second kappa shape index (κ2) is 12.6. The van der Waals surface area contributed by atoms with E-state index in [0.29, 0.717) is 6.54 Å². The van der Waals surface area contributed by atoms with E-state index in [1.54, 1.807) is 12.5 Å². The molecule has 8 heteroatoms. The molecule has 172 valence electrons. The number of nitrogens with zero attached hydrogens (tertiary/aromatic N) is 4. The Morgan fingerprint density at radius 3 is 2.69 bits per heavy atom. The number of likely N-dealkylation sites (tertiary alicyclic amines) is 1. The largest absolute Gasteiger partial charge is 0.468 e. The molecule has 1 saturated heterocycles. The maximum absolute atomic E-state index is 5.78. The molecule has 1 fully saturated rings. The fraction of sp³-hybridized carbons (Fsp3) is 0.417. The van der Waals surface area contributed by atoms with Gasteiger partial charge in [0.25, 0.3) is 0 Å². The molecule has 0 radical (unpaired) electrons. The Kier molecular flexibility index (Phi) is 9.61. The highest BCUT2D eigenvalue weighted by Crippen LogP contribution is 2.24. The Balaban J connectivity index is 0.00000289. The smallest absolute Gasteiger partial charge is 0.191 e. The highest BCUT2D eigenvalue weighted by molar-refractivity contribution is 14.0. The molecule has 1 aromatic carbocycles. The number of nitrogens with one attached hydrogen (secondary N) is 2. The van der Waals surface area contributed by atoms with Crippen molar-refractivity contribution in [2.24, 2.45) is 4.99 Å². The van der Waals surface area contributed by atoms with Crippen molar-refractivity contribution >= 4 is 29.9 Å². The van der Waals surface area contributed by atoms with Crippen molar-refractivity contribution < 1.29 is 4.42 Å². The fourth-order valence-corrected chi connectivity index (χ4v) is 4.12. The molecule has 1 atom stereocenters. The topological polar surface area (TPSA) is 70.6 Å². The van der Waals surface area contributed by atoms with Gasteiger partial charge in [-0.1, -0.05) is 24.6 Å². The summed E-state index contributed by atoms with van der Waals surface area (Å²) in [6.07, 6.45) is 11.1. The average molecular weight is 548 g/mol. The monoisotopic (exact) mass is 548 g/mol. The van der Waals surface area contributed by atoms with Crippen LogP contribution in [0.15, 0.2) is 70.8 Å². The highest BCUT2D eigenvalue weighted by atomic mass is 127. The third-order valence-corrected chi connectivity index (χ3v) is 5.69. The van der Waals surface area contributed by atoms with Gasteiger partial charge in [0.05, 0.1) is 30.9 Å². The van der Waals surface area contributed by atoms with Gasteiger partial charge < -0.3 is 19.6 Å². The predicted molar refractivity (Wildman–Crippen MR) is 139 cm³/mol. The highest BCUT2D eigenvalue weighted by Gasteiger charge is 2.24. The summed E-state index contributed by atoms with van der Waals surface area (Å²) in [4.78, 5) is 11.6. The molecule has 0 aliphatic carbocycles. The van der Waals surface area contributed by atoms with E-state index in [1.165, 1.54) is 19.3 Å². The van der Waals surface area contributed by atoms with Gasteiger partial charge in [0.1, 0.15) is 5.76 Å². The number of hydrogen-bond donors (Lipinski definition) is 2. The van der Waals surface area contributed by atoms with Crippen LogP contribution in [0.2, 0.25) is 0 Å². The zero-order valence-corrected chi connectivity index (χ0v) is 20.9. The van der Waals surface area contributed by atoms with E-state index in [1.807, 2.05) is 29.2 Å². The molecule has 2 aromatic heterocycles. The second-order valence-electron chi connectivity index (χ2n) is 7.80. The number of hydrogen-bond acceptors (Lipinski definition) is 4. The maximum Gasteiger partial charge on any atom is 0.191 e. The van der Waals surface area contributed by atoms with E-state index in [-0.39, 0.29) is 30.0 Å². The molecule has 3 heterocycles. The second-order valence-corrected chi connectivity index (χ2v) is 7.80. The number of benzene rings is 1. The molecule has 0 amide bonds. The van der Waals surface area contributed by atoms with Gasteiger partial charge in [0.15, 0.2) is 5.96 Å². The number of piperidine rings is 1. The van der Waals surface area contributed by atoms with Crippen molar-refractivity contribution in [2.45, 2.75) is 38.8 Å². The van der Waals surface area contributed by atoms with Crippen LogP contribution in [-0.2, 0) is 6.54 Å².